The van der Waals surface area contributed by atoms with E-state index in [1.807, 2.05) is 26.1 Å². The molecule has 0 bridgehead atoms. The molecule has 1 atom stereocenters. The standard InChI is InChI=1S/C13H21N3O/c1-3-17-11-5-4-8-16(9-11)13-12(14)10(2)6-7-15-13/h6-7,11H,3-5,8-9,14H2,1-2H3. The molecule has 0 radical (unpaired) electrons. The molecule has 94 valence electrons. The first-order valence-electron chi connectivity index (χ1n) is 6.30. The summed E-state index contributed by atoms with van der Waals surface area (Å²) in [6.07, 6.45) is 4.41. The molecule has 0 aromatic carbocycles. The summed E-state index contributed by atoms with van der Waals surface area (Å²) in [5, 5.41) is 0. The summed E-state index contributed by atoms with van der Waals surface area (Å²) in [6, 6.07) is 1.95. The fourth-order valence-corrected chi connectivity index (χ4v) is 2.31. The Bertz CT molecular complexity index is 379. The number of pyridine rings is 1. The van der Waals surface area contributed by atoms with E-state index < -0.39 is 0 Å². The lowest BCUT2D eigenvalue weighted by Crippen LogP contribution is -2.40. The van der Waals surface area contributed by atoms with E-state index in [1.165, 1.54) is 0 Å². The zero-order valence-electron chi connectivity index (χ0n) is 10.6. The predicted molar refractivity (Wildman–Crippen MR) is 70.2 cm³/mol. The van der Waals surface area contributed by atoms with E-state index in [9.17, 15) is 0 Å². The molecule has 4 heteroatoms. The highest BCUT2D eigenvalue weighted by Gasteiger charge is 2.22. The van der Waals surface area contributed by atoms with Crippen LogP contribution in [0, 0.1) is 6.92 Å². The lowest BCUT2D eigenvalue weighted by atomic mass is 10.1. The number of aromatic nitrogens is 1. The smallest absolute Gasteiger partial charge is 0.152 e. The maximum absolute atomic E-state index is 6.09. The van der Waals surface area contributed by atoms with Crippen LogP contribution in [-0.4, -0.2) is 30.8 Å². The Hall–Kier alpha value is -1.29. The Labute approximate surface area is 103 Å². The quantitative estimate of drug-likeness (QED) is 0.870. The van der Waals surface area contributed by atoms with Gasteiger partial charge in [-0.05, 0) is 38.3 Å². The highest BCUT2D eigenvalue weighted by atomic mass is 16.5. The highest BCUT2D eigenvalue weighted by Crippen LogP contribution is 2.26. The molecule has 1 aliphatic heterocycles. The van der Waals surface area contributed by atoms with E-state index in [2.05, 4.69) is 9.88 Å². The van der Waals surface area contributed by atoms with Crippen molar-refractivity contribution >= 4 is 11.5 Å². The van der Waals surface area contributed by atoms with Gasteiger partial charge in [-0.3, -0.25) is 0 Å². The molecule has 17 heavy (non-hydrogen) atoms. The fourth-order valence-electron chi connectivity index (χ4n) is 2.31. The summed E-state index contributed by atoms with van der Waals surface area (Å²) >= 11 is 0. The van der Waals surface area contributed by atoms with Crippen LogP contribution in [0.1, 0.15) is 25.3 Å². The van der Waals surface area contributed by atoms with Crippen LogP contribution in [0.4, 0.5) is 11.5 Å². The van der Waals surface area contributed by atoms with Gasteiger partial charge in [0, 0.05) is 25.9 Å². The number of ether oxygens (including phenoxy) is 1. The van der Waals surface area contributed by atoms with Crippen LogP contribution < -0.4 is 10.6 Å². The van der Waals surface area contributed by atoms with Crippen molar-refractivity contribution in [3.63, 3.8) is 0 Å². The maximum Gasteiger partial charge on any atom is 0.152 e. The van der Waals surface area contributed by atoms with Crippen LogP contribution in [0.5, 0.6) is 0 Å². The molecule has 2 rings (SSSR count). The van der Waals surface area contributed by atoms with Crippen molar-refractivity contribution in [2.45, 2.75) is 32.8 Å². The van der Waals surface area contributed by atoms with Gasteiger partial charge in [0.05, 0.1) is 11.8 Å². The zero-order valence-corrected chi connectivity index (χ0v) is 10.6. The second-order valence-electron chi connectivity index (χ2n) is 4.53. The molecule has 1 aliphatic rings. The third-order valence-electron chi connectivity index (χ3n) is 3.27. The monoisotopic (exact) mass is 235 g/mol. The van der Waals surface area contributed by atoms with Crippen molar-refractivity contribution in [1.29, 1.82) is 0 Å². The number of anilines is 2. The van der Waals surface area contributed by atoms with Crippen molar-refractivity contribution in [3.8, 4) is 0 Å². The summed E-state index contributed by atoms with van der Waals surface area (Å²) in [5.41, 5.74) is 7.98. The highest BCUT2D eigenvalue weighted by molar-refractivity contribution is 5.66. The number of nitrogens with two attached hydrogens (primary N) is 1. The second kappa shape index (κ2) is 5.36. The average Bonchev–Trinajstić information content (AvgIpc) is 2.33. The summed E-state index contributed by atoms with van der Waals surface area (Å²) < 4.78 is 5.69. The summed E-state index contributed by atoms with van der Waals surface area (Å²) in [7, 11) is 0. The third kappa shape index (κ3) is 2.69. The molecule has 2 heterocycles. The first-order chi connectivity index (χ1) is 8.22. The van der Waals surface area contributed by atoms with Crippen LogP contribution in [0.25, 0.3) is 0 Å². The Morgan fingerprint density at radius 1 is 1.59 bits per heavy atom. The molecule has 4 nitrogen and oxygen atoms in total. The molecular formula is C13H21N3O. The van der Waals surface area contributed by atoms with Gasteiger partial charge >= 0.3 is 0 Å². The minimum Gasteiger partial charge on any atom is -0.396 e. The van der Waals surface area contributed by atoms with Gasteiger partial charge in [0.2, 0.25) is 0 Å². The van der Waals surface area contributed by atoms with Crippen molar-refractivity contribution in [2.24, 2.45) is 0 Å². The van der Waals surface area contributed by atoms with Gasteiger partial charge in [-0.2, -0.15) is 0 Å². The van der Waals surface area contributed by atoms with Gasteiger partial charge in [0.1, 0.15) is 0 Å². The molecule has 1 saturated heterocycles. The van der Waals surface area contributed by atoms with Gasteiger partial charge in [0.25, 0.3) is 0 Å². The first kappa shape index (κ1) is 12.2. The lowest BCUT2D eigenvalue weighted by molar-refractivity contribution is 0.0525. The largest absolute Gasteiger partial charge is 0.396 e. The van der Waals surface area contributed by atoms with Crippen LogP contribution in [0.3, 0.4) is 0 Å². The molecular weight excluding hydrogens is 214 g/mol. The molecule has 1 aromatic rings. The van der Waals surface area contributed by atoms with Crippen molar-refractivity contribution < 1.29 is 4.74 Å². The van der Waals surface area contributed by atoms with E-state index in [1.54, 1.807) is 0 Å². The molecule has 1 aromatic heterocycles. The topological polar surface area (TPSA) is 51.4 Å². The minimum absolute atomic E-state index is 0.315. The number of nitrogens with zero attached hydrogens (tertiary/aromatic N) is 2. The maximum atomic E-state index is 6.09. The van der Waals surface area contributed by atoms with Crippen LogP contribution >= 0.6 is 0 Å². The lowest BCUT2D eigenvalue weighted by Gasteiger charge is -2.34. The molecule has 1 unspecified atom stereocenters. The molecule has 1 fully saturated rings. The summed E-state index contributed by atoms with van der Waals surface area (Å²) in [5.74, 6) is 0.911. The number of aryl methyl sites for hydroxylation is 1. The Morgan fingerprint density at radius 3 is 3.18 bits per heavy atom. The zero-order chi connectivity index (χ0) is 12.3. The Balaban J connectivity index is 2.13. The van der Waals surface area contributed by atoms with Gasteiger partial charge in [0.15, 0.2) is 5.82 Å². The molecule has 0 saturated carbocycles. The number of nitrogen functional groups attached to an aromatic ring is 1. The molecule has 2 N–H and O–H groups in total. The van der Waals surface area contributed by atoms with E-state index in [0.717, 1.165) is 49.6 Å². The molecule has 0 amide bonds. The third-order valence-corrected chi connectivity index (χ3v) is 3.27. The van der Waals surface area contributed by atoms with Gasteiger partial charge < -0.3 is 15.4 Å². The average molecular weight is 235 g/mol. The molecule has 0 spiro atoms. The van der Waals surface area contributed by atoms with Gasteiger partial charge in [-0.15, -0.1) is 0 Å². The number of rotatable bonds is 3. The van der Waals surface area contributed by atoms with Gasteiger partial charge in [-0.25, -0.2) is 4.98 Å². The van der Waals surface area contributed by atoms with E-state index >= 15 is 0 Å². The van der Waals surface area contributed by atoms with Gasteiger partial charge in [-0.1, -0.05) is 0 Å². The predicted octanol–water partition coefficient (Wildman–Crippen LogP) is 1.98. The van der Waals surface area contributed by atoms with E-state index in [-0.39, 0.29) is 0 Å². The van der Waals surface area contributed by atoms with E-state index in [0.29, 0.717) is 6.10 Å². The van der Waals surface area contributed by atoms with Crippen molar-refractivity contribution in [2.75, 3.05) is 30.3 Å². The fraction of sp³-hybridized carbons (Fsp3) is 0.615. The summed E-state index contributed by atoms with van der Waals surface area (Å²) in [4.78, 5) is 6.64. The van der Waals surface area contributed by atoms with Crippen LogP contribution in [0.2, 0.25) is 0 Å². The number of hydrogen-bond acceptors (Lipinski definition) is 4. The SMILES string of the molecule is CCOC1CCCN(c2nccc(C)c2N)C1. The number of piperidine rings is 1. The Kier molecular flexibility index (Phi) is 3.84. The van der Waals surface area contributed by atoms with Crippen LogP contribution in [-0.2, 0) is 4.74 Å². The number of hydrogen-bond donors (Lipinski definition) is 1. The molecule has 0 aliphatic carbocycles. The summed E-state index contributed by atoms with van der Waals surface area (Å²) in [6.45, 7) is 6.75. The van der Waals surface area contributed by atoms with Crippen LogP contribution in [0.15, 0.2) is 12.3 Å². The minimum atomic E-state index is 0.315. The second-order valence-corrected chi connectivity index (χ2v) is 4.53. The van der Waals surface area contributed by atoms with Crippen molar-refractivity contribution in [1.82, 2.24) is 4.98 Å². The first-order valence-corrected chi connectivity index (χ1v) is 6.30. The normalized spacial score (nSPS) is 20.6. The van der Waals surface area contributed by atoms with E-state index in [4.69, 9.17) is 10.5 Å². The van der Waals surface area contributed by atoms with Crippen molar-refractivity contribution in [3.05, 3.63) is 17.8 Å². The Morgan fingerprint density at radius 2 is 2.41 bits per heavy atom.